The lowest BCUT2D eigenvalue weighted by Crippen LogP contribution is -2.65. The fraction of sp³-hybridized carbons (Fsp3) is 0.800. The molecule has 49 heavy (non-hydrogen) atoms. The first-order chi connectivity index (χ1) is 22.8. The molecule has 4 fully saturated rings. The summed E-state index contributed by atoms with van der Waals surface area (Å²) in [5, 5.41) is 10.2. The lowest BCUT2D eigenvalue weighted by atomic mass is 9.78. The molecule has 4 N–H and O–H groups in total. The highest BCUT2D eigenvalue weighted by Gasteiger charge is 2.70. The summed E-state index contributed by atoms with van der Waals surface area (Å²) in [4.78, 5) is 69.3. The molecule has 0 unspecified atom stereocenters. The van der Waals surface area contributed by atoms with Gasteiger partial charge in [0.15, 0.2) is 9.84 Å². The van der Waals surface area contributed by atoms with Crippen LogP contribution in [0.15, 0.2) is 12.4 Å². The highest BCUT2D eigenvalue weighted by atomic mass is 32.2. The number of fused-ring (bicyclic) bond motifs is 1. The molecule has 2 saturated heterocycles. The van der Waals surface area contributed by atoms with Crippen molar-refractivity contribution in [1.29, 1.82) is 0 Å². The Morgan fingerprint density at radius 1 is 1.02 bits per heavy atom. The molecule has 0 radical (unpaired) electrons. The number of piperidine rings is 1. The number of rotatable bonds is 13. The summed E-state index contributed by atoms with van der Waals surface area (Å²) >= 11 is 0. The molecule has 14 heteroatoms. The number of likely N-dealkylation sites (tertiary alicyclic amines) is 1. The summed E-state index contributed by atoms with van der Waals surface area (Å²) in [6, 6.07) is -3.78. The van der Waals surface area contributed by atoms with Crippen molar-refractivity contribution in [2.45, 2.75) is 135 Å². The first-order valence-electron chi connectivity index (χ1n) is 17.8. The van der Waals surface area contributed by atoms with Gasteiger partial charge < -0.3 is 26.2 Å². The number of sulfone groups is 1. The normalized spacial score (nSPS) is 27.6. The highest BCUT2D eigenvalue weighted by molar-refractivity contribution is 7.92. The Kier molecular flexibility index (Phi) is 11.6. The number of hydrogen-bond acceptors (Lipinski definition) is 7. The molecule has 2 heterocycles. The predicted molar refractivity (Wildman–Crippen MR) is 184 cm³/mol. The van der Waals surface area contributed by atoms with Gasteiger partial charge in [-0.15, -0.1) is 0 Å². The van der Waals surface area contributed by atoms with E-state index in [4.69, 9.17) is 0 Å². The van der Waals surface area contributed by atoms with Gasteiger partial charge in [0.25, 0.3) is 5.91 Å². The van der Waals surface area contributed by atoms with Crippen molar-refractivity contribution in [2.24, 2.45) is 22.7 Å². The standard InChI is InChI=1S/C35H56FN5O7S/c1-8-9-14-23(27(42)30(44)37-19-21(2)36)38-29(43)26-25-22(34(25,6)7)20-41(26)31(45)28(33(3,4)5)39-32(46)40-35(16-11-10-12-17-35)24-15-13-18-49(24,47)48/h22-26,28H,2,8-20H2,1,3-7H3,(H,37,44)(H,38,43)(H2,39,40,46)/t22-,23+,24-,25-,26-,28+/m0/s1. The third-order valence-corrected chi connectivity index (χ3v) is 13.8. The molecule has 4 aliphatic rings. The summed E-state index contributed by atoms with van der Waals surface area (Å²) in [7, 11) is -3.37. The van der Waals surface area contributed by atoms with Gasteiger partial charge in [-0.1, -0.05) is 80.2 Å². The van der Waals surface area contributed by atoms with E-state index < -0.39 is 86.1 Å². The summed E-state index contributed by atoms with van der Waals surface area (Å²) in [5.41, 5.74) is -1.94. The molecule has 4 rings (SSSR count). The molecule has 0 aromatic heterocycles. The Bertz CT molecular complexity index is 1440. The van der Waals surface area contributed by atoms with Crippen LogP contribution in [0.4, 0.5) is 9.18 Å². The van der Waals surface area contributed by atoms with Crippen LogP contribution in [0.25, 0.3) is 0 Å². The molecule has 12 nitrogen and oxygen atoms in total. The van der Waals surface area contributed by atoms with Crippen molar-refractivity contribution in [2.75, 3.05) is 18.8 Å². The topological polar surface area (TPSA) is 171 Å². The number of Topliss-reactive ketones (excluding diaryl/α,β-unsaturated/α-hetero) is 1. The van der Waals surface area contributed by atoms with E-state index in [9.17, 15) is 36.8 Å². The second kappa shape index (κ2) is 14.7. The number of amides is 5. The number of nitrogens with zero attached hydrogens (tertiary/aromatic N) is 1. The molecular weight excluding hydrogens is 653 g/mol. The van der Waals surface area contributed by atoms with E-state index in [1.54, 1.807) is 0 Å². The van der Waals surface area contributed by atoms with Crippen LogP contribution in [0.2, 0.25) is 0 Å². The van der Waals surface area contributed by atoms with Gasteiger partial charge in [0.05, 0.1) is 29.1 Å². The molecule has 6 atom stereocenters. The molecule has 0 aromatic carbocycles. The number of ketones is 1. The molecule has 2 aliphatic carbocycles. The molecule has 0 aromatic rings. The highest BCUT2D eigenvalue weighted by Crippen LogP contribution is 2.65. The fourth-order valence-electron chi connectivity index (χ4n) is 8.50. The van der Waals surface area contributed by atoms with E-state index in [1.165, 1.54) is 4.90 Å². The number of hydrogen-bond donors (Lipinski definition) is 4. The SMILES string of the molecule is C=C(F)CNC(=O)C(=O)[C@@H](CCCC)NC(=O)[C@@H]1[C@@H]2[C@H](CN1C(=O)[C@@H](NC(=O)NC1([C@@H]3CCCS3(=O)=O)CCCCC1)C(C)(C)C)C2(C)C. The lowest BCUT2D eigenvalue weighted by Gasteiger charge is -2.43. The second-order valence-corrected chi connectivity index (χ2v) is 18.6. The van der Waals surface area contributed by atoms with Gasteiger partial charge >= 0.3 is 6.03 Å². The van der Waals surface area contributed by atoms with Gasteiger partial charge in [-0.05, 0) is 54.8 Å². The monoisotopic (exact) mass is 709 g/mol. The second-order valence-electron chi connectivity index (χ2n) is 16.3. The van der Waals surface area contributed by atoms with E-state index >= 15 is 0 Å². The van der Waals surface area contributed by atoms with Crippen molar-refractivity contribution >= 4 is 39.4 Å². The minimum absolute atomic E-state index is 0.0170. The Morgan fingerprint density at radius 3 is 2.22 bits per heavy atom. The van der Waals surface area contributed by atoms with Gasteiger partial charge in [0.2, 0.25) is 17.6 Å². The van der Waals surface area contributed by atoms with Crippen LogP contribution < -0.4 is 21.3 Å². The van der Waals surface area contributed by atoms with Crippen LogP contribution in [-0.4, -0.2) is 90.6 Å². The third-order valence-electron chi connectivity index (χ3n) is 11.3. The number of carbonyl (C=O) groups is 5. The predicted octanol–water partition coefficient (Wildman–Crippen LogP) is 3.31. The third kappa shape index (κ3) is 8.31. The van der Waals surface area contributed by atoms with Crippen LogP contribution in [-0.2, 0) is 29.0 Å². The summed E-state index contributed by atoms with van der Waals surface area (Å²) in [6.07, 6.45) is 6.12. The number of unbranched alkanes of at least 4 members (excludes halogenated alkanes) is 1. The average Bonchev–Trinajstić information content (AvgIpc) is 3.33. The molecular formula is C35H56FN5O7S. The fourth-order valence-corrected chi connectivity index (χ4v) is 10.9. The molecule has 276 valence electrons. The van der Waals surface area contributed by atoms with Crippen LogP contribution in [0.3, 0.4) is 0 Å². The zero-order chi connectivity index (χ0) is 36.5. The average molecular weight is 710 g/mol. The van der Waals surface area contributed by atoms with Crippen LogP contribution in [0.5, 0.6) is 0 Å². The Hall–Kier alpha value is -3.03. The van der Waals surface area contributed by atoms with Gasteiger partial charge in [-0.3, -0.25) is 19.2 Å². The van der Waals surface area contributed by atoms with Gasteiger partial charge in [0.1, 0.15) is 17.9 Å². The summed E-state index contributed by atoms with van der Waals surface area (Å²) in [5.74, 6) is -3.85. The van der Waals surface area contributed by atoms with Crippen molar-refractivity contribution < 1.29 is 36.8 Å². The van der Waals surface area contributed by atoms with Crippen molar-refractivity contribution in [3.8, 4) is 0 Å². The minimum Gasteiger partial charge on any atom is -0.344 e. The lowest BCUT2D eigenvalue weighted by molar-refractivity contribution is -0.145. The summed E-state index contributed by atoms with van der Waals surface area (Å²) < 4.78 is 39.2. The number of nitrogens with one attached hydrogen (secondary N) is 4. The van der Waals surface area contributed by atoms with Gasteiger partial charge in [0, 0.05) is 6.54 Å². The molecule has 2 saturated carbocycles. The van der Waals surface area contributed by atoms with E-state index in [1.807, 2.05) is 41.5 Å². The van der Waals surface area contributed by atoms with Crippen LogP contribution in [0, 0.1) is 22.7 Å². The van der Waals surface area contributed by atoms with E-state index in [-0.39, 0.29) is 36.0 Å². The Labute approximate surface area is 290 Å². The largest absolute Gasteiger partial charge is 0.344 e. The maximum Gasteiger partial charge on any atom is 0.315 e. The summed E-state index contributed by atoms with van der Waals surface area (Å²) in [6.45, 7) is 14.2. The van der Waals surface area contributed by atoms with Crippen LogP contribution in [0.1, 0.15) is 106 Å². The molecule has 2 aliphatic heterocycles. The smallest absolute Gasteiger partial charge is 0.315 e. The maximum absolute atomic E-state index is 14.4. The number of carbonyl (C=O) groups excluding carboxylic acids is 5. The quantitative estimate of drug-likeness (QED) is 0.213. The zero-order valence-electron chi connectivity index (χ0n) is 30.0. The number of halogens is 1. The zero-order valence-corrected chi connectivity index (χ0v) is 30.8. The van der Waals surface area contributed by atoms with Crippen molar-refractivity contribution in [3.63, 3.8) is 0 Å². The minimum atomic E-state index is -3.37. The van der Waals surface area contributed by atoms with Crippen molar-refractivity contribution in [1.82, 2.24) is 26.2 Å². The van der Waals surface area contributed by atoms with Crippen LogP contribution >= 0.6 is 0 Å². The van der Waals surface area contributed by atoms with E-state index in [0.717, 1.165) is 19.3 Å². The van der Waals surface area contributed by atoms with Gasteiger partial charge in [-0.25, -0.2) is 17.6 Å². The van der Waals surface area contributed by atoms with E-state index in [2.05, 4.69) is 27.8 Å². The van der Waals surface area contributed by atoms with Gasteiger partial charge in [-0.2, -0.15) is 0 Å². The molecule has 0 spiro atoms. The van der Waals surface area contributed by atoms with Crippen molar-refractivity contribution in [3.05, 3.63) is 12.4 Å². The Morgan fingerprint density at radius 2 is 1.67 bits per heavy atom. The maximum atomic E-state index is 14.4. The first kappa shape index (κ1) is 38.8. The molecule has 5 amide bonds. The van der Waals surface area contributed by atoms with E-state index in [0.29, 0.717) is 38.5 Å². The number of urea groups is 1. The molecule has 0 bridgehead atoms. The first-order valence-corrected chi connectivity index (χ1v) is 19.5. The Balaban J connectivity index is 1.55.